The molecule has 1 saturated carbocycles. The molecule has 0 radical (unpaired) electrons. The second-order valence-corrected chi connectivity index (χ2v) is 8.75. The van der Waals surface area contributed by atoms with Crippen LogP contribution in [0.4, 0.5) is 11.8 Å². The van der Waals surface area contributed by atoms with Gasteiger partial charge in [0.05, 0.1) is 12.1 Å². The Labute approximate surface area is 182 Å². The predicted molar refractivity (Wildman–Crippen MR) is 115 cm³/mol. The Hall–Kier alpha value is -2.49. The lowest BCUT2D eigenvalue weighted by Crippen LogP contribution is -2.34. The van der Waals surface area contributed by atoms with Crippen LogP contribution in [-0.2, 0) is 4.79 Å². The van der Waals surface area contributed by atoms with Gasteiger partial charge >= 0.3 is 5.97 Å². The van der Waals surface area contributed by atoms with Gasteiger partial charge in [0.15, 0.2) is 5.82 Å². The molecule has 2 aromatic heterocycles. The zero-order valence-electron chi connectivity index (χ0n) is 16.0. The molecule has 0 amide bonds. The molecular weight excluding hydrogens is 429 g/mol. The fourth-order valence-corrected chi connectivity index (χ4v) is 4.39. The van der Waals surface area contributed by atoms with Crippen LogP contribution < -0.4 is 16.4 Å². The minimum Gasteiger partial charge on any atom is -0.481 e. The van der Waals surface area contributed by atoms with Crippen LogP contribution in [0.2, 0.25) is 0 Å². The number of alkyl halides is 1. The zero-order chi connectivity index (χ0) is 21.3. The summed E-state index contributed by atoms with van der Waals surface area (Å²) in [6.45, 7) is 0. The van der Waals surface area contributed by atoms with Crippen molar-refractivity contribution in [2.24, 2.45) is 11.7 Å². The van der Waals surface area contributed by atoms with E-state index < -0.39 is 11.0 Å². The van der Waals surface area contributed by atoms with Crippen LogP contribution in [0.5, 0.6) is 0 Å². The summed E-state index contributed by atoms with van der Waals surface area (Å²) in [5, 5.41) is 16.1. The number of anilines is 2. The number of fused-ring (bicyclic) bond motifs is 1. The number of nitrogens with two attached hydrogens (primary N) is 1. The molecule has 0 aromatic carbocycles. The maximum atomic E-state index is 11.1. The van der Waals surface area contributed by atoms with E-state index in [4.69, 9.17) is 34.0 Å². The lowest BCUT2D eigenvalue weighted by molar-refractivity contribution is -0.142. The molecule has 0 aliphatic heterocycles. The van der Waals surface area contributed by atoms with Crippen molar-refractivity contribution in [3.63, 3.8) is 0 Å². The van der Waals surface area contributed by atoms with Crippen LogP contribution in [0.15, 0.2) is 35.4 Å². The first-order chi connectivity index (χ1) is 14.3. The third-order valence-electron chi connectivity index (χ3n) is 5.22. The van der Waals surface area contributed by atoms with Gasteiger partial charge in [-0.05, 0) is 37.8 Å². The standard InChI is InChI=1S/C19H21Cl2N7O2/c20-11-5-13(7-19(21,22)6-11)26-16-15-14(24-9-25-16)8-23-18(28-15)27-12-3-1-10(2-4-12)17(29)30/h5-6,8-10,12H,1-4,7,22H2,(H,29,30)(H,23,27,28)(H,24,25,26). The molecule has 9 nitrogen and oxygen atoms in total. The maximum Gasteiger partial charge on any atom is 0.306 e. The number of hydrogen-bond acceptors (Lipinski definition) is 8. The van der Waals surface area contributed by atoms with E-state index in [9.17, 15) is 4.79 Å². The largest absolute Gasteiger partial charge is 0.481 e. The van der Waals surface area contributed by atoms with Gasteiger partial charge in [-0.3, -0.25) is 4.79 Å². The molecule has 1 fully saturated rings. The summed E-state index contributed by atoms with van der Waals surface area (Å²) in [6.07, 6.45) is 9.49. The second kappa shape index (κ2) is 8.33. The lowest BCUT2D eigenvalue weighted by Gasteiger charge is -2.27. The predicted octanol–water partition coefficient (Wildman–Crippen LogP) is 3.19. The van der Waals surface area contributed by atoms with E-state index >= 15 is 0 Å². The van der Waals surface area contributed by atoms with Crippen molar-refractivity contribution in [1.82, 2.24) is 19.9 Å². The van der Waals surface area contributed by atoms with Crippen LogP contribution in [0.25, 0.3) is 11.0 Å². The Morgan fingerprint density at radius 1 is 1.23 bits per heavy atom. The van der Waals surface area contributed by atoms with E-state index in [1.54, 1.807) is 18.3 Å². The van der Waals surface area contributed by atoms with Crippen LogP contribution in [0.3, 0.4) is 0 Å². The number of aromatic nitrogens is 4. The first-order valence-electron chi connectivity index (χ1n) is 9.60. The molecule has 1 atom stereocenters. The smallest absolute Gasteiger partial charge is 0.306 e. The van der Waals surface area contributed by atoms with Gasteiger partial charge in [0.1, 0.15) is 22.4 Å². The normalized spacial score (nSPS) is 26.6. The second-order valence-electron chi connectivity index (χ2n) is 7.61. The number of hydrogen-bond donors (Lipinski definition) is 4. The Kier molecular flexibility index (Phi) is 5.77. The van der Waals surface area contributed by atoms with E-state index in [1.807, 2.05) is 0 Å². The van der Waals surface area contributed by atoms with Crippen molar-refractivity contribution in [2.45, 2.75) is 43.1 Å². The molecule has 1 unspecified atom stereocenters. The highest BCUT2D eigenvalue weighted by molar-refractivity contribution is 6.33. The van der Waals surface area contributed by atoms with E-state index in [1.165, 1.54) is 6.33 Å². The monoisotopic (exact) mass is 449 g/mol. The third kappa shape index (κ3) is 4.80. The van der Waals surface area contributed by atoms with E-state index in [2.05, 4.69) is 30.6 Å². The molecular formula is C19H21Cl2N7O2. The fourth-order valence-electron chi connectivity index (χ4n) is 3.75. The molecule has 2 heterocycles. The topological polar surface area (TPSA) is 139 Å². The average molecular weight is 450 g/mol. The highest BCUT2D eigenvalue weighted by atomic mass is 35.5. The van der Waals surface area contributed by atoms with Crippen molar-refractivity contribution in [2.75, 3.05) is 10.6 Å². The molecule has 0 saturated heterocycles. The number of rotatable bonds is 5. The van der Waals surface area contributed by atoms with Gasteiger partial charge in [0.25, 0.3) is 0 Å². The highest BCUT2D eigenvalue weighted by Gasteiger charge is 2.27. The third-order valence-corrected chi connectivity index (χ3v) is 5.68. The Morgan fingerprint density at radius 2 is 2.00 bits per heavy atom. The van der Waals surface area contributed by atoms with E-state index in [0.29, 0.717) is 52.8 Å². The minimum atomic E-state index is -1.08. The van der Waals surface area contributed by atoms with E-state index in [0.717, 1.165) is 12.8 Å². The lowest BCUT2D eigenvalue weighted by atomic mass is 9.86. The van der Waals surface area contributed by atoms with Gasteiger partial charge in [0, 0.05) is 23.2 Å². The first-order valence-corrected chi connectivity index (χ1v) is 10.4. The molecule has 11 heteroatoms. The SMILES string of the molecule is NC1(Cl)C=C(Cl)C=C(Nc2ncnc3cnc(NC4CCC(C(=O)O)CC4)nc23)C1. The Balaban J connectivity index is 1.53. The summed E-state index contributed by atoms with van der Waals surface area (Å²) in [5.41, 5.74) is 7.83. The van der Waals surface area contributed by atoms with Gasteiger partial charge < -0.3 is 21.5 Å². The molecule has 158 valence electrons. The molecule has 0 bridgehead atoms. The summed E-state index contributed by atoms with van der Waals surface area (Å²) in [5.74, 6) is -0.0648. The molecule has 2 aliphatic rings. The maximum absolute atomic E-state index is 11.1. The van der Waals surface area contributed by atoms with Crippen molar-refractivity contribution in [3.05, 3.63) is 35.4 Å². The van der Waals surface area contributed by atoms with Gasteiger partial charge in [-0.15, -0.1) is 0 Å². The first kappa shape index (κ1) is 20.8. The number of carboxylic acids is 1. The zero-order valence-corrected chi connectivity index (χ0v) is 17.5. The number of halogens is 2. The number of aliphatic carboxylic acids is 1. The Morgan fingerprint density at radius 3 is 2.70 bits per heavy atom. The quantitative estimate of drug-likeness (QED) is 0.399. The highest BCUT2D eigenvalue weighted by Crippen LogP contribution is 2.31. The summed E-state index contributed by atoms with van der Waals surface area (Å²) in [7, 11) is 0. The van der Waals surface area contributed by atoms with Crippen molar-refractivity contribution in [3.8, 4) is 0 Å². The van der Waals surface area contributed by atoms with Crippen molar-refractivity contribution < 1.29 is 9.90 Å². The number of carboxylic acid groups (broad SMARTS) is 1. The van der Waals surface area contributed by atoms with Crippen molar-refractivity contribution in [1.29, 1.82) is 0 Å². The minimum absolute atomic E-state index is 0.123. The summed E-state index contributed by atoms with van der Waals surface area (Å²) in [6, 6.07) is 0.123. The molecule has 0 spiro atoms. The Bertz CT molecular complexity index is 1030. The fraction of sp³-hybridized carbons (Fsp3) is 0.421. The average Bonchev–Trinajstić information content (AvgIpc) is 2.67. The molecule has 4 rings (SSSR count). The van der Waals surface area contributed by atoms with Gasteiger partial charge in [0.2, 0.25) is 5.95 Å². The van der Waals surface area contributed by atoms with Gasteiger partial charge in [-0.25, -0.2) is 19.9 Å². The summed E-state index contributed by atoms with van der Waals surface area (Å²) >= 11 is 12.4. The molecule has 30 heavy (non-hydrogen) atoms. The van der Waals surface area contributed by atoms with Crippen LogP contribution >= 0.6 is 23.2 Å². The summed E-state index contributed by atoms with van der Waals surface area (Å²) < 4.78 is 0. The number of carbonyl (C=O) groups is 1. The van der Waals surface area contributed by atoms with Crippen LogP contribution in [0, 0.1) is 5.92 Å². The van der Waals surface area contributed by atoms with E-state index in [-0.39, 0.29) is 12.0 Å². The number of nitrogens with zero attached hydrogens (tertiary/aromatic N) is 4. The van der Waals surface area contributed by atoms with Crippen molar-refractivity contribution >= 4 is 52.0 Å². The summed E-state index contributed by atoms with van der Waals surface area (Å²) in [4.78, 5) is 27.5. The molecule has 2 aliphatic carbocycles. The van der Waals surface area contributed by atoms with Gasteiger partial charge in [-0.1, -0.05) is 23.2 Å². The molecule has 5 N–H and O–H groups in total. The van der Waals surface area contributed by atoms with Crippen LogP contribution in [-0.4, -0.2) is 42.1 Å². The number of allylic oxidation sites excluding steroid dienone is 2. The van der Waals surface area contributed by atoms with Crippen LogP contribution in [0.1, 0.15) is 32.1 Å². The number of nitrogens with one attached hydrogen (secondary N) is 2. The molecule has 2 aromatic rings. The van der Waals surface area contributed by atoms with Gasteiger partial charge in [-0.2, -0.15) is 0 Å².